The van der Waals surface area contributed by atoms with Crippen LogP contribution in [0.4, 0.5) is 0 Å². The monoisotopic (exact) mass is 715 g/mol. The summed E-state index contributed by atoms with van der Waals surface area (Å²) in [5.41, 5.74) is -2.82. The van der Waals surface area contributed by atoms with Gasteiger partial charge in [0, 0.05) is 43.4 Å². The maximum atomic E-state index is 13.8. The first kappa shape index (κ1) is 36.2. The number of amides is 1. The number of carbonyl (C=O) groups excluding carboxylic acids is 3. The van der Waals surface area contributed by atoms with Crippen LogP contribution in [0.15, 0.2) is 71.8 Å². The molecular weight excluding hydrogens is 663 g/mol. The van der Waals surface area contributed by atoms with Gasteiger partial charge in [0.05, 0.1) is 19.8 Å². The van der Waals surface area contributed by atoms with Crippen LogP contribution in [0.3, 0.4) is 0 Å². The van der Waals surface area contributed by atoms with E-state index >= 15 is 0 Å². The van der Waals surface area contributed by atoms with E-state index in [-0.39, 0.29) is 66.9 Å². The number of aliphatic hydroxyl groups excluding tert-OH is 2. The molecule has 10 heteroatoms. The summed E-state index contributed by atoms with van der Waals surface area (Å²) in [7, 11) is -1.52. The fraction of sp³-hybridized carbons (Fsp3) is 0.585. The lowest BCUT2D eigenvalue weighted by Gasteiger charge is -2.58. The lowest BCUT2D eigenvalue weighted by Crippen LogP contribution is -2.69. The molecule has 1 saturated heterocycles. The molecule has 274 valence electrons. The summed E-state index contributed by atoms with van der Waals surface area (Å²) in [5.74, 6) is -1.10. The first-order valence-corrected chi connectivity index (χ1v) is 20.5. The maximum Gasteiger partial charge on any atom is 0.341 e. The molecule has 0 spiro atoms. The average molecular weight is 716 g/mol. The fourth-order valence-electron chi connectivity index (χ4n) is 11.4. The molecule has 5 aliphatic rings. The van der Waals surface area contributed by atoms with Crippen LogP contribution in [0.25, 0.3) is 0 Å². The van der Waals surface area contributed by atoms with Gasteiger partial charge in [-0.15, -0.1) is 0 Å². The number of ether oxygens (including phenoxy) is 2. The van der Waals surface area contributed by atoms with Gasteiger partial charge >= 0.3 is 5.97 Å². The summed E-state index contributed by atoms with van der Waals surface area (Å²) in [4.78, 5) is 41.4. The molecule has 0 aromatic heterocycles. The van der Waals surface area contributed by atoms with Crippen molar-refractivity contribution >= 4 is 36.4 Å². The smallest absolute Gasteiger partial charge is 0.341 e. The molecule has 0 unspecified atom stereocenters. The van der Waals surface area contributed by atoms with Crippen molar-refractivity contribution < 1.29 is 38.5 Å². The van der Waals surface area contributed by atoms with Crippen LogP contribution in [-0.4, -0.2) is 91.3 Å². The van der Waals surface area contributed by atoms with Gasteiger partial charge < -0.3 is 29.0 Å². The molecule has 4 fully saturated rings. The van der Waals surface area contributed by atoms with Crippen LogP contribution < -0.4 is 10.4 Å². The minimum absolute atomic E-state index is 0.00244. The van der Waals surface area contributed by atoms with E-state index in [4.69, 9.17) is 13.9 Å². The van der Waals surface area contributed by atoms with Crippen LogP contribution in [0.5, 0.6) is 0 Å². The average Bonchev–Trinajstić information content (AvgIpc) is 3.74. The highest BCUT2D eigenvalue weighted by molar-refractivity contribution is 6.99. The molecule has 9 nitrogen and oxygen atoms in total. The molecule has 0 radical (unpaired) electrons. The number of epoxide rings is 1. The number of ketones is 1. The van der Waals surface area contributed by atoms with Gasteiger partial charge in [-0.05, 0) is 65.4 Å². The quantitative estimate of drug-likeness (QED) is 0.172. The Morgan fingerprint density at radius 1 is 1.02 bits per heavy atom. The number of aliphatic hydroxyl groups is 2. The fourth-order valence-corrected chi connectivity index (χ4v) is 16.1. The standard InChI is InChI=1S/C41H53NO8Si/c1-27(44)42(21-22-43)26-39-24-32(45)34(36(47)48-6)35(39)40-20-17-28-23-29(18-19-38(28,5)41(40,50-40)33(46)25-39)49-51(37(2,3)4,30-13-9-7-10-14-30)31-15-11-8-12-16-31/h7-16,28-29,33,43,46H,17-26H2,1-6H3/t28-,29+,33-,38+,39+,40+,41+/m1/s1. The Labute approximate surface area is 302 Å². The molecule has 7 rings (SSSR count). The molecule has 51 heavy (non-hydrogen) atoms. The Kier molecular flexibility index (Phi) is 8.86. The van der Waals surface area contributed by atoms with Gasteiger partial charge in [0.15, 0.2) is 5.78 Å². The Balaban J connectivity index is 1.26. The molecule has 2 aromatic carbocycles. The SMILES string of the molecule is COC(=O)C1=C2[C@@](CN(CCO)C(C)=O)(CC1=O)C[C@@H](O)[C@@]13O[C@@]21CC[C@@H]1C[C@@H](O[Si](c2ccccc2)(c2ccccc2)C(C)(C)C)CC[C@@]13C. The van der Waals surface area contributed by atoms with E-state index < -0.39 is 42.4 Å². The molecule has 7 atom stereocenters. The number of carbonyl (C=O) groups is 3. The summed E-state index contributed by atoms with van der Waals surface area (Å²) in [6, 6.07) is 21.4. The van der Waals surface area contributed by atoms with Crippen molar-refractivity contribution in [3.8, 4) is 0 Å². The number of hydrogen-bond acceptors (Lipinski definition) is 8. The topological polar surface area (TPSA) is 126 Å². The van der Waals surface area contributed by atoms with E-state index in [0.29, 0.717) is 12.0 Å². The number of esters is 1. The van der Waals surface area contributed by atoms with Crippen molar-refractivity contribution in [1.82, 2.24) is 4.90 Å². The van der Waals surface area contributed by atoms with Crippen molar-refractivity contribution in [2.24, 2.45) is 16.7 Å². The van der Waals surface area contributed by atoms with Gasteiger partial charge in [-0.2, -0.15) is 0 Å². The van der Waals surface area contributed by atoms with Gasteiger partial charge in [0.1, 0.15) is 16.8 Å². The van der Waals surface area contributed by atoms with Crippen molar-refractivity contribution in [3.63, 3.8) is 0 Å². The van der Waals surface area contributed by atoms with Gasteiger partial charge in [-0.25, -0.2) is 4.79 Å². The van der Waals surface area contributed by atoms with Gasteiger partial charge in [-0.1, -0.05) is 88.4 Å². The largest absolute Gasteiger partial charge is 0.465 e. The predicted molar refractivity (Wildman–Crippen MR) is 195 cm³/mol. The van der Waals surface area contributed by atoms with Crippen LogP contribution in [0.2, 0.25) is 5.04 Å². The molecule has 1 aliphatic heterocycles. The first-order valence-electron chi connectivity index (χ1n) is 18.6. The van der Waals surface area contributed by atoms with E-state index in [2.05, 4.69) is 88.4 Å². The van der Waals surface area contributed by atoms with Crippen LogP contribution in [-0.2, 0) is 28.3 Å². The van der Waals surface area contributed by atoms with Gasteiger partial charge in [0.25, 0.3) is 8.32 Å². The minimum Gasteiger partial charge on any atom is -0.465 e. The summed E-state index contributed by atoms with van der Waals surface area (Å²) in [6.07, 6.45) is 2.91. The lowest BCUT2D eigenvalue weighted by atomic mass is 9.45. The van der Waals surface area contributed by atoms with Crippen molar-refractivity contribution in [2.75, 3.05) is 26.8 Å². The Bertz CT molecular complexity index is 1700. The molecule has 3 saturated carbocycles. The van der Waals surface area contributed by atoms with E-state index in [1.807, 2.05) is 0 Å². The highest BCUT2D eigenvalue weighted by Gasteiger charge is 2.88. The third kappa shape index (κ3) is 5.03. The number of nitrogens with zero attached hydrogens (tertiary/aromatic N) is 1. The number of hydrogen-bond donors (Lipinski definition) is 2. The molecule has 2 N–H and O–H groups in total. The molecule has 1 amide bonds. The predicted octanol–water partition coefficient (Wildman–Crippen LogP) is 4.07. The van der Waals surface area contributed by atoms with Crippen LogP contribution in [0.1, 0.15) is 79.6 Å². The maximum absolute atomic E-state index is 13.8. The Hall–Kier alpha value is -3.15. The number of rotatable bonds is 9. The second-order valence-electron chi connectivity index (χ2n) is 17.0. The third-order valence-corrected chi connectivity index (χ3v) is 18.6. The third-order valence-electron chi connectivity index (χ3n) is 13.5. The molecule has 4 aliphatic carbocycles. The van der Waals surface area contributed by atoms with Crippen LogP contribution in [0, 0.1) is 16.7 Å². The zero-order chi connectivity index (χ0) is 36.6. The summed E-state index contributed by atoms with van der Waals surface area (Å²) in [5, 5.41) is 24.5. The van der Waals surface area contributed by atoms with E-state index in [1.165, 1.54) is 29.3 Å². The summed E-state index contributed by atoms with van der Waals surface area (Å²) in [6.45, 7) is 10.5. The summed E-state index contributed by atoms with van der Waals surface area (Å²) < 4.78 is 19.8. The van der Waals surface area contributed by atoms with Crippen molar-refractivity contribution in [2.45, 2.75) is 108 Å². The number of benzene rings is 2. The van der Waals surface area contributed by atoms with Crippen molar-refractivity contribution in [1.29, 1.82) is 0 Å². The highest BCUT2D eigenvalue weighted by atomic mass is 28.4. The Morgan fingerprint density at radius 3 is 2.20 bits per heavy atom. The lowest BCUT2D eigenvalue weighted by molar-refractivity contribution is -0.138. The number of fused-ring (bicyclic) bond motifs is 2. The van der Waals surface area contributed by atoms with Gasteiger partial charge in [-0.3, -0.25) is 9.59 Å². The summed E-state index contributed by atoms with van der Waals surface area (Å²) >= 11 is 0. The van der Waals surface area contributed by atoms with Crippen LogP contribution >= 0.6 is 0 Å². The number of methoxy groups -OCH3 is 1. The zero-order valence-electron chi connectivity index (χ0n) is 30.9. The first-order chi connectivity index (χ1) is 24.2. The molecule has 2 aromatic rings. The van der Waals surface area contributed by atoms with E-state index in [9.17, 15) is 24.6 Å². The van der Waals surface area contributed by atoms with Crippen molar-refractivity contribution in [3.05, 3.63) is 71.8 Å². The number of Topliss-reactive ketones (excluding diaryl/α,β-unsaturated/α-hetero) is 1. The molecular formula is C41H53NO8Si. The minimum atomic E-state index is -2.80. The normalized spacial score (nSPS) is 34.2. The second-order valence-corrected chi connectivity index (χ2v) is 21.3. The Morgan fingerprint density at radius 2 is 1.65 bits per heavy atom. The zero-order valence-corrected chi connectivity index (χ0v) is 31.9. The molecule has 0 bridgehead atoms. The second kappa shape index (κ2) is 12.5. The van der Waals surface area contributed by atoms with E-state index in [1.54, 1.807) is 0 Å². The molecule has 1 heterocycles. The van der Waals surface area contributed by atoms with E-state index in [0.717, 1.165) is 25.7 Å². The highest BCUT2D eigenvalue weighted by Crippen LogP contribution is 2.80. The van der Waals surface area contributed by atoms with Gasteiger partial charge in [0.2, 0.25) is 5.91 Å².